The maximum Gasteiger partial charge on any atom is 0.251 e. The number of rotatable bonds is 10. The second kappa shape index (κ2) is 7.75. The van der Waals surface area contributed by atoms with Crippen molar-refractivity contribution in [1.29, 1.82) is 0 Å². The van der Waals surface area contributed by atoms with Gasteiger partial charge in [0.2, 0.25) is 0 Å². The van der Waals surface area contributed by atoms with E-state index in [4.69, 9.17) is 11.2 Å². The SMILES string of the molecule is C#CCCC1(CCNC(=O)c2ccc(F)c(COCC3CC3)c2)N=N1. The highest BCUT2D eigenvalue weighted by Gasteiger charge is 2.38. The smallest absolute Gasteiger partial charge is 0.251 e. The standard InChI is InChI=1S/C19H22FN3O2/c1-2-3-8-19(22-23-19)9-10-21-18(24)15-6-7-17(20)16(11-15)13-25-12-14-4-5-14/h1,6-7,11,14H,3-5,8-10,12-13H2,(H,21,24). The molecule has 1 aliphatic heterocycles. The van der Waals surface area contributed by atoms with Crippen molar-refractivity contribution in [2.45, 2.75) is 44.4 Å². The summed E-state index contributed by atoms with van der Waals surface area (Å²) in [5.41, 5.74) is 0.421. The molecule has 2 aliphatic rings. The Bertz CT molecular complexity index is 701. The first kappa shape index (κ1) is 17.6. The molecule has 1 saturated carbocycles. The Labute approximate surface area is 147 Å². The van der Waals surface area contributed by atoms with Gasteiger partial charge in [-0.15, -0.1) is 12.3 Å². The van der Waals surface area contributed by atoms with Crippen LogP contribution in [0.5, 0.6) is 0 Å². The normalized spacial score (nSPS) is 17.1. The molecule has 1 aromatic rings. The number of nitrogens with zero attached hydrogens (tertiary/aromatic N) is 2. The summed E-state index contributed by atoms with van der Waals surface area (Å²) in [6.45, 7) is 1.29. The molecule has 0 saturated heterocycles. The molecule has 1 heterocycles. The predicted molar refractivity (Wildman–Crippen MR) is 91.4 cm³/mol. The highest BCUT2D eigenvalue weighted by Crippen LogP contribution is 2.36. The second-order valence-corrected chi connectivity index (χ2v) is 6.66. The lowest BCUT2D eigenvalue weighted by Crippen LogP contribution is -2.28. The molecule has 1 N–H and O–H groups in total. The number of carbonyl (C=O) groups is 1. The van der Waals surface area contributed by atoms with E-state index in [1.54, 1.807) is 6.07 Å². The summed E-state index contributed by atoms with van der Waals surface area (Å²) in [7, 11) is 0. The first-order chi connectivity index (χ1) is 12.1. The van der Waals surface area contributed by atoms with Gasteiger partial charge in [-0.05, 0) is 37.0 Å². The number of ether oxygens (including phenoxy) is 1. The first-order valence-electron chi connectivity index (χ1n) is 8.64. The molecule has 1 fully saturated rings. The summed E-state index contributed by atoms with van der Waals surface area (Å²) in [5, 5.41) is 10.9. The molecule has 0 aromatic heterocycles. The Morgan fingerprint density at radius 1 is 1.40 bits per heavy atom. The number of hydrogen-bond donors (Lipinski definition) is 1. The van der Waals surface area contributed by atoms with Crippen molar-refractivity contribution in [1.82, 2.24) is 5.32 Å². The Hall–Kier alpha value is -2.26. The molecule has 132 valence electrons. The number of terminal acetylenes is 1. The van der Waals surface area contributed by atoms with E-state index in [0.717, 1.165) is 0 Å². The maximum atomic E-state index is 13.9. The lowest BCUT2D eigenvalue weighted by atomic mass is 10.0. The van der Waals surface area contributed by atoms with Crippen LogP contribution in [-0.4, -0.2) is 24.7 Å². The topological polar surface area (TPSA) is 63.0 Å². The zero-order chi connectivity index (χ0) is 17.7. The van der Waals surface area contributed by atoms with Crippen LogP contribution in [-0.2, 0) is 11.3 Å². The second-order valence-electron chi connectivity index (χ2n) is 6.66. The van der Waals surface area contributed by atoms with Gasteiger partial charge >= 0.3 is 0 Å². The van der Waals surface area contributed by atoms with E-state index in [9.17, 15) is 9.18 Å². The molecule has 0 radical (unpaired) electrons. The van der Waals surface area contributed by atoms with Crippen molar-refractivity contribution in [3.63, 3.8) is 0 Å². The monoisotopic (exact) mass is 343 g/mol. The summed E-state index contributed by atoms with van der Waals surface area (Å²) < 4.78 is 19.4. The molecule has 3 rings (SSSR count). The average molecular weight is 343 g/mol. The van der Waals surface area contributed by atoms with Gasteiger partial charge in [0.05, 0.1) is 6.61 Å². The third-order valence-electron chi connectivity index (χ3n) is 4.48. The molecule has 0 spiro atoms. The largest absolute Gasteiger partial charge is 0.376 e. The van der Waals surface area contributed by atoms with Gasteiger partial charge in [-0.3, -0.25) is 4.79 Å². The van der Waals surface area contributed by atoms with Crippen LogP contribution in [0.2, 0.25) is 0 Å². The zero-order valence-corrected chi connectivity index (χ0v) is 14.1. The minimum Gasteiger partial charge on any atom is -0.376 e. The van der Waals surface area contributed by atoms with Gasteiger partial charge in [-0.2, -0.15) is 10.2 Å². The number of hydrogen-bond acceptors (Lipinski definition) is 4. The van der Waals surface area contributed by atoms with E-state index >= 15 is 0 Å². The minimum atomic E-state index is -0.412. The van der Waals surface area contributed by atoms with Crippen LogP contribution in [0, 0.1) is 24.1 Å². The van der Waals surface area contributed by atoms with E-state index in [1.165, 1.54) is 25.0 Å². The van der Waals surface area contributed by atoms with E-state index in [2.05, 4.69) is 21.5 Å². The van der Waals surface area contributed by atoms with Crippen molar-refractivity contribution in [3.8, 4) is 12.3 Å². The lowest BCUT2D eigenvalue weighted by molar-refractivity contribution is 0.0950. The highest BCUT2D eigenvalue weighted by atomic mass is 19.1. The Morgan fingerprint density at radius 3 is 2.88 bits per heavy atom. The zero-order valence-electron chi connectivity index (χ0n) is 14.1. The Morgan fingerprint density at radius 2 is 2.20 bits per heavy atom. The van der Waals surface area contributed by atoms with Crippen molar-refractivity contribution in [2.24, 2.45) is 16.1 Å². The van der Waals surface area contributed by atoms with Crippen molar-refractivity contribution in [3.05, 3.63) is 35.1 Å². The fourth-order valence-electron chi connectivity index (χ4n) is 2.59. The lowest BCUT2D eigenvalue weighted by Gasteiger charge is -2.11. The summed E-state index contributed by atoms with van der Waals surface area (Å²) in [6, 6.07) is 4.34. The van der Waals surface area contributed by atoms with Crippen molar-refractivity contribution in [2.75, 3.05) is 13.2 Å². The fraction of sp³-hybridized carbons (Fsp3) is 0.526. The van der Waals surface area contributed by atoms with Gasteiger partial charge in [0, 0.05) is 43.5 Å². The van der Waals surface area contributed by atoms with Crippen LogP contribution in [0.25, 0.3) is 0 Å². The quantitative estimate of drug-likeness (QED) is 0.661. The fourth-order valence-corrected chi connectivity index (χ4v) is 2.59. The number of halogens is 1. The summed E-state index contributed by atoms with van der Waals surface area (Å²) in [4.78, 5) is 12.3. The molecule has 25 heavy (non-hydrogen) atoms. The van der Waals surface area contributed by atoms with Gasteiger partial charge in [0.25, 0.3) is 5.91 Å². The van der Waals surface area contributed by atoms with Crippen LogP contribution >= 0.6 is 0 Å². The third kappa shape index (κ3) is 5.10. The Balaban J connectivity index is 1.47. The van der Waals surface area contributed by atoms with E-state index in [-0.39, 0.29) is 18.3 Å². The predicted octanol–water partition coefficient (Wildman–Crippen LogP) is 3.45. The van der Waals surface area contributed by atoms with E-state index < -0.39 is 5.66 Å². The number of amides is 1. The van der Waals surface area contributed by atoms with E-state index in [1.807, 2.05) is 0 Å². The summed E-state index contributed by atoms with van der Waals surface area (Å²) in [5.74, 6) is 2.60. The molecule has 5 nitrogen and oxygen atoms in total. The first-order valence-corrected chi connectivity index (χ1v) is 8.64. The average Bonchev–Trinajstić information content (AvgIpc) is 3.51. The van der Waals surface area contributed by atoms with Crippen LogP contribution in [0.15, 0.2) is 28.4 Å². The number of carbonyl (C=O) groups excluding carboxylic acids is 1. The molecule has 1 amide bonds. The molecule has 0 bridgehead atoms. The summed E-state index contributed by atoms with van der Waals surface area (Å²) >= 11 is 0. The molecular weight excluding hydrogens is 321 g/mol. The third-order valence-corrected chi connectivity index (χ3v) is 4.48. The van der Waals surface area contributed by atoms with Gasteiger partial charge in [0.1, 0.15) is 5.82 Å². The number of benzene rings is 1. The minimum absolute atomic E-state index is 0.191. The molecule has 1 aliphatic carbocycles. The van der Waals surface area contributed by atoms with Crippen LogP contribution < -0.4 is 5.32 Å². The van der Waals surface area contributed by atoms with Gasteiger partial charge in [-0.1, -0.05) is 0 Å². The van der Waals surface area contributed by atoms with Crippen LogP contribution in [0.1, 0.15) is 48.0 Å². The molecule has 6 heteroatoms. The van der Waals surface area contributed by atoms with Gasteiger partial charge < -0.3 is 10.1 Å². The summed E-state index contributed by atoms with van der Waals surface area (Å²) in [6.07, 6.45) is 9.57. The van der Waals surface area contributed by atoms with Crippen LogP contribution in [0.4, 0.5) is 4.39 Å². The van der Waals surface area contributed by atoms with E-state index in [0.29, 0.717) is 49.5 Å². The van der Waals surface area contributed by atoms with Crippen molar-refractivity contribution >= 4 is 5.91 Å². The van der Waals surface area contributed by atoms with Gasteiger partial charge in [0.15, 0.2) is 5.66 Å². The Kier molecular flexibility index (Phi) is 5.44. The molecular formula is C19H22FN3O2. The maximum absolute atomic E-state index is 13.9. The highest BCUT2D eigenvalue weighted by molar-refractivity contribution is 5.94. The molecule has 0 atom stereocenters. The van der Waals surface area contributed by atoms with Crippen LogP contribution in [0.3, 0.4) is 0 Å². The molecule has 0 unspecified atom stereocenters. The van der Waals surface area contributed by atoms with Gasteiger partial charge in [-0.25, -0.2) is 4.39 Å². The number of nitrogens with one attached hydrogen (secondary N) is 1. The molecule has 1 aromatic carbocycles. The van der Waals surface area contributed by atoms with Crippen molar-refractivity contribution < 1.29 is 13.9 Å².